The Balaban J connectivity index is 3.80. The fourth-order valence-electron chi connectivity index (χ4n) is 2.82. The molecule has 0 atom stereocenters. The minimum absolute atomic E-state index is 0.727. The predicted molar refractivity (Wildman–Crippen MR) is 87.0 cm³/mol. The molecule has 0 aliphatic heterocycles. The molecule has 0 fully saturated rings. The summed E-state index contributed by atoms with van der Waals surface area (Å²) in [5.74, 6) is 0. The normalized spacial score (nSPS) is 11.8. The van der Waals surface area contributed by atoms with Gasteiger partial charge in [0.1, 0.15) is 0 Å². The van der Waals surface area contributed by atoms with Gasteiger partial charge >= 0.3 is 125 Å². The Morgan fingerprint density at radius 3 is 1.94 bits per heavy atom. The second kappa shape index (κ2) is 11.6. The van der Waals surface area contributed by atoms with E-state index in [1.54, 1.807) is 8.35 Å². The Morgan fingerprint density at radius 2 is 1.50 bits per heavy atom. The van der Waals surface area contributed by atoms with E-state index in [1.165, 1.54) is 38.8 Å². The molecule has 0 saturated heterocycles. The van der Waals surface area contributed by atoms with Crippen LogP contribution in [0.5, 0.6) is 0 Å². The van der Waals surface area contributed by atoms with Crippen LogP contribution in [0.1, 0.15) is 67.2 Å². The molecule has 0 saturated carbocycles. The molecule has 2 heteroatoms. The molecule has 0 unspecified atom stereocenters. The van der Waals surface area contributed by atoms with Crippen LogP contribution >= 0.6 is 0 Å². The van der Waals surface area contributed by atoms with E-state index in [4.69, 9.17) is 0 Å². The molecule has 0 aliphatic carbocycles. The first-order valence-electron chi connectivity index (χ1n) is 8.26. The zero-order valence-corrected chi connectivity index (χ0v) is 17.1. The third-order valence-electron chi connectivity index (χ3n) is 4.11. The zero-order chi connectivity index (χ0) is 14.0. The first-order valence-corrected chi connectivity index (χ1v) is 14.8. The van der Waals surface area contributed by atoms with Crippen LogP contribution < -0.4 is 0 Å². The molecule has 1 nitrogen and oxygen atoms in total. The molecular weight excluding hydrogens is 321 g/mol. The van der Waals surface area contributed by atoms with Crippen molar-refractivity contribution in [2.45, 2.75) is 85.3 Å². The van der Waals surface area contributed by atoms with Gasteiger partial charge in [-0.1, -0.05) is 0 Å². The van der Waals surface area contributed by atoms with Gasteiger partial charge in [-0.15, -0.1) is 0 Å². The van der Waals surface area contributed by atoms with Crippen molar-refractivity contribution in [3.8, 4) is 0 Å². The van der Waals surface area contributed by atoms with Gasteiger partial charge in [0.05, 0.1) is 0 Å². The monoisotopic (exact) mass is 357 g/mol. The van der Waals surface area contributed by atoms with Gasteiger partial charge in [0.15, 0.2) is 0 Å². The van der Waals surface area contributed by atoms with Crippen LogP contribution in [0.4, 0.5) is 0 Å². The maximum atomic E-state index is 2.65. The van der Waals surface area contributed by atoms with E-state index < -0.39 is 21.4 Å². The molecule has 0 bridgehead atoms. The van der Waals surface area contributed by atoms with Gasteiger partial charge in [-0.2, -0.15) is 0 Å². The number of hydrogen-bond donors (Lipinski definition) is 0. The van der Waals surface area contributed by atoms with E-state index in [0.717, 1.165) is 9.72 Å². The minimum atomic E-state index is -1.14. The Kier molecular flexibility index (Phi) is 12.2. The van der Waals surface area contributed by atoms with E-state index in [0.29, 0.717) is 0 Å². The van der Waals surface area contributed by atoms with Crippen LogP contribution in [-0.4, -0.2) is 45.5 Å². The second-order valence-corrected chi connectivity index (χ2v) is 17.9. The third kappa shape index (κ3) is 8.85. The average molecular weight is 357 g/mol. The first-order chi connectivity index (χ1) is 8.52. The molecule has 0 aliphatic rings. The van der Waals surface area contributed by atoms with Gasteiger partial charge in [0.25, 0.3) is 0 Å². The summed E-state index contributed by atoms with van der Waals surface area (Å²) in [4.78, 5) is 2.65. The summed E-state index contributed by atoms with van der Waals surface area (Å²) < 4.78 is 4.34. The van der Waals surface area contributed by atoms with Crippen molar-refractivity contribution in [2.24, 2.45) is 0 Å². The van der Waals surface area contributed by atoms with Crippen LogP contribution in [0.2, 0.25) is 12.0 Å². The van der Waals surface area contributed by atoms with Gasteiger partial charge in [0.2, 0.25) is 0 Å². The molecule has 0 amide bonds. The predicted octanol–water partition coefficient (Wildman–Crippen LogP) is 5.20. The van der Waals surface area contributed by atoms with E-state index in [1.807, 2.05) is 0 Å². The number of hydrogen-bond acceptors (Lipinski definition) is 1. The summed E-state index contributed by atoms with van der Waals surface area (Å²) in [7, 11) is 0. The number of unbranched alkanes of at least 4 members (excludes halogenated alkanes) is 1. The van der Waals surface area contributed by atoms with Crippen LogP contribution in [0.15, 0.2) is 0 Å². The Bertz CT molecular complexity index is 160. The second-order valence-electron chi connectivity index (χ2n) is 6.42. The molecule has 0 aromatic heterocycles. The van der Waals surface area contributed by atoms with Crippen molar-refractivity contribution in [1.29, 1.82) is 0 Å². The molecule has 0 aromatic rings. The summed E-state index contributed by atoms with van der Waals surface area (Å²) in [6, 6.07) is 0.727. The SMILES string of the molecule is CCCN(CCC[CH2][In]([CH2]CC)[CH](C)C)C(C)C. The van der Waals surface area contributed by atoms with Gasteiger partial charge in [-0.3, -0.25) is 0 Å². The summed E-state index contributed by atoms with van der Waals surface area (Å²) in [5, 5.41) is 0. The van der Waals surface area contributed by atoms with Gasteiger partial charge in [-0.05, 0) is 0 Å². The summed E-state index contributed by atoms with van der Waals surface area (Å²) in [6.07, 6.45) is 5.67. The Morgan fingerprint density at radius 1 is 0.833 bits per heavy atom. The molecule has 0 heterocycles. The van der Waals surface area contributed by atoms with E-state index in [-0.39, 0.29) is 0 Å². The molecule has 0 aromatic carbocycles. The average Bonchev–Trinajstić information content (AvgIpc) is 2.30. The Hall–Kier alpha value is 0.830. The number of nitrogens with zero attached hydrogens (tertiary/aromatic N) is 1. The van der Waals surface area contributed by atoms with Crippen molar-refractivity contribution in [3.05, 3.63) is 0 Å². The molecule has 0 N–H and O–H groups in total. The summed E-state index contributed by atoms with van der Waals surface area (Å²) >= 11 is -1.14. The molecule has 0 rings (SSSR count). The third-order valence-corrected chi connectivity index (χ3v) is 16.5. The number of rotatable bonds is 11. The van der Waals surface area contributed by atoms with Crippen molar-refractivity contribution in [2.75, 3.05) is 13.1 Å². The molecule has 0 spiro atoms. The first kappa shape index (κ1) is 18.8. The van der Waals surface area contributed by atoms with Crippen LogP contribution in [0, 0.1) is 0 Å². The van der Waals surface area contributed by atoms with E-state index >= 15 is 0 Å². The van der Waals surface area contributed by atoms with Crippen LogP contribution in [0.25, 0.3) is 0 Å². The molecular formula is C16H36InN. The van der Waals surface area contributed by atoms with Crippen molar-refractivity contribution < 1.29 is 0 Å². The molecule has 108 valence electrons. The Labute approximate surface area is 124 Å². The topological polar surface area (TPSA) is 3.24 Å². The van der Waals surface area contributed by atoms with Crippen molar-refractivity contribution in [1.82, 2.24) is 4.90 Å². The van der Waals surface area contributed by atoms with Crippen LogP contribution in [0.3, 0.4) is 0 Å². The van der Waals surface area contributed by atoms with Crippen LogP contribution in [-0.2, 0) is 0 Å². The fraction of sp³-hybridized carbons (Fsp3) is 1.00. The van der Waals surface area contributed by atoms with Gasteiger partial charge in [0, 0.05) is 0 Å². The van der Waals surface area contributed by atoms with Crippen molar-refractivity contribution >= 4 is 21.4 Å². The maximum absolute atomic E-state index is 2.65. The van der Waals surface area contributed by atoms with E-state index in [2.05, 4.69) is 46.4 Å². The fourth-order valence-corrected chi connectivity index (χ4v) is 11.9. The van der Waals surface area contributed by atoms with E-state index in [9.17, 15) is 0 Å². The van der Waals surface area contributed by atoms with Gasteiger partial charge < -0.3 is 0 Å². The quantitative estimate of drug-likeness (QED) is 0.459. The van der Waals surface area contributed by atoms with Gasteiger partial charge in [-0.25, -0.2) is 0 Å². The zero-order valence-electron chi connectivity index (χ0n) is 13.8. The molecule has 18 heavy (non-hydrogen) atoms. The molecule has 0 radical (unpaired) electrons. The summed E-state index contributed by atoms with van der Waals surface area (Å²) in [6.45, 7) is 16.9. The standard InChI is InChI=1S/C10H22N.2C3H7.In/c1-5-7-9-11(8-6-2)10(3)4;2*1-3-2;/h10H,1,5-9H2,2-4H3;3H,1-2H3;1,3H2,2H3;. The van der Waals surface area contributed by atoms with Crippen molar-refractivity contribution in [3.63, 3.8) is 0 Å². The summed E-state index contributed by atoms with van der Waals surface area (Å²) in [5.41, 5.74) is 0.